The Morgan fingerprint density at radius 2 is 1.88 bits per heavy atom. The molecule has 0 spiro atoms. The van der Waals surface area contributed by atoms with Crippen LogP contribution >= 0.6 is 0 Å². The summed E-state index contributed by atoms with van der Waals surface area (Å²) in [5, 5.41) is 3.38. The SMILES string of the molecule is CCCc1ccc(C(CC(C)CN)NC)cc1. The molecular weight excluding hydrogens is 208 g/mol. The molecule has 0 bridgehead atoms. The topological polar surface area (TPSA) is 38.0 Å². The van der Waals surface area contributed by atoms with Gasteiger partial charge < -0.3 is 11.1 Å². The van der Waals surface area contributed by atoms with Gasteiger partial charge in [-0.3, -0.25) is 0 Å². The van der Waals surface area contributed by atoms with Crippen LogP contribution in [-0.4, -0.2) is 13.6 Å². The van der Waals surface area contributed by atoms with Crippen molar-refractivity contribution in [1.29, 1.82) is 0 Å². The summed E-state index contributed by atoms with van der Waals surface area (Å²) in [6, 6.07) is 9.40. The third-order valence-electron chi connectivity index (χ3n) is 3.31. The molecule has 0 aliphatic heterocycles. The Morgan fingerprint density at radius 1 is 1.24 bits per heavy atom. The summed E-state index contributed by atoms with van der Waals surface area (Å²) in [4.78, 5) is 0. The molecule has 0 saturated heterocycles. The first kappa shape index (κ1) is 14.2. The van der Waals surface area contributed by atoms with Crippen molar-refractivity contribution in [2.24, 2.45) is 11.7 Å². The number of rotatable bonds is 7. The molecule has 3 N–H and O–H groups in total. The molecule has 0 saturated carbocycles. The first-order valence-electron chi connectivity index (χ1n) is 6.67. The van der Waals surface area contributed by atoms with E-state index in [1.54, 1.807) is 0 Å². The second-order valence-electron chi connectivity index (χ2n) is 4.91. The summed E-state index contributed by atoms with van der Waals surface area (Å²) in [6.07, 6.45) is 3.48. The van der Waals surface area contributed by atoms with Gasteiger partial charge in [0.15, 0.2) is 0 Å². The van der Waals surface area contributed by atoms with Crippen LogP contribution in [0.2, 0.25) is 0 Å². The summed E-state index contributed by atoms with van der Waals surface area (Å²) >= 11 is 0. The number of aryl methyl sites for hydroxylation is 1. The number of hydrogen-bond donors (Lipinski definition) is 2. The van der Waals surface area contributed by atoms with E-state index >= 15 is 0 Å². The first-order chi connectivity index (χ1) is 8.21. The zero-order valence-electron chi connectivity index (χ0n) is 11.4. The molecule has 2 nitrogen and oxygen atoms in total. The molecule has 0 aliphatic carbocycles. The number of nitrogens with one attached hydrogen (secondary N) is 1. The smallest absolute Gasteiger partial charge is 0.0320 e. The average Bonchev–Trinajstić information content (AvgIpc) is 2.37. The van der Waals surface area contributed by atoms with E-state index in [4.69, 9.17) is 5.73 Å². The van der Waals surface area contributed by atoms with Crippen molar-refractivity contribution in [2.75, 3.05) is 13.6 Å². The summed E-state index contributed by atoms with van der Waals surface area (Å²) in [5.74, 6) is 0.558. The van der Waals surface area contributed by atoms with Gasteiger partial charge in [-0.1, -0.05) is 44.5 Å². The van der Waals surface area contributed by atoms with Crippen molar-refractivity contribution in [1.82, 2.24) is 5.32 Å². The highest BCUT2D eigenvalue weighted by Gasteiger charge is 2.12. The maximum absolute atomic E-state index is 5.69. The molecule has 0 radical (unpaired) electrons. The fourth-order valence-electron chi connectivity index (χ4n) is 2.12. The lowest BCUT2D eigenvalue weighted by atomic mass is 9.95. The standard InChI is InChI=1S/C15H26N2/c1-4-5-13-6-8-14(9-7-13)15(17-3)10-12(2)11-16/h6-9,12,15,17H,4-5,10-11,16H2,1-3H3. The third kappa shape index (κ3) is 4.49. The molecule has 0 heterocycles. The van der Waals surface area contributed by atoms with Crippen LogP contribution in [0.15, 0.2) is 24.3 Å². The zero-order valence-corrected chi connectivity index (χ0v) is 11.4. The molecule has 2 atom stereocenters. The van der Waals surface area contributed by atoms with E-state index in [9.17, 15) is 0 Å². The van der Waals surface area contributed by atoms with Crippen molar-refractivity contribution in [3.05, 3.63) is 35.4 Å². The molecule has 2 unspecified atom stereocenters. The summed E-state index contributed by atoms with van der Waals surface area (Å²) in [5.41, 5.74) is 8.49. The van der Waals surface area contributed by atoms with Gasteiger partial charge in [-0.2, -0.15) is 0 Å². The largest absolute Gasteiger partial charge is 0.330 e. The van der Waals surface area contributed by atoms with Crippen LogP contribution in [-0.2, 0) is 6.42 Å². The number of nitrogens with two attached hydrogens (primary N) is 1. The molecule has 0 fully saturated rings. The summed E-state index contributed by atoms with van der Waals surface area (Å²) in [6.45, 7) is 5.18. The van der Waals surface area contributed by atoms with E-state index < -0.39 is 0 Å². The Labute approximate surface area is 106 Å². The lowest BCUT2D eigenvalue weighted by Crippen LogP contribution is -2.22. The maximum atomic E-state index is 5.69. The molecule has 0 amide bonds. The molecule has 2 heteroatoms. The summed E-state index contributed by atoms with van der Waals surface area (Å²) < 4.78 is 0. The minimum atomic E-state index is 0.421. The van der Waals surface area contributed by atoms with Crippen LogP contribution in [0.3, 0.4) is 0 Å². The van der Waals surface area contributed by atoms with Crippen molar-refractivity contribution in [2.45, 2.75) is 39.2 Å². The number of benzene rings is 1. The Hall–Kier alpha value is -0.860. The lowest BCUT2D eigenvalue weighted by molar-refractivity contribution is 0.438. The van der Waals surface area contributed by atoms with Gasteiger partial charge in [0.05, 0.1) is 0 Å². The highest BCUT2D eigenvalue weighted by molar-refractivity contribution is 5.25. The normalized spacial score (nSPS) is 14.6. The molecule has 96 valence electrons. The molecule has 17 heavy (non-hydrogen) atoms. The fraction of sp³-hybridized carbons (Fsp3) is 0.600. The zero-order chi connectivity index (χ0) is 12.7. The molecule has 1 aromatic carbocycles. The van der Waals surface area contributed by atoms with Gasteiger partial charge in [-0.25, -0.2) is 0 Å². The van der Waals surface area contributed by atoms with E-state index in [1.165, 1.54) is 24.0 Å². The van der Waals surface area contributed by atoms with E-state index in [0.717, 1.165) is 13.0 Å². The van der Waals surface area contributed by atoms with Gasteiger partial charge in [0.1, 0.15) is 0 Å². The van der Waals surface area contributed by atoms with E-state index in [-0.39, 0.29) is 0 Å². The fourth-order valence-corrected chi connectivity index (χ4v) is 2.12. The monoisotopic (exact) mass is 234 g/mol. The van der Waals surface area contributed by atoms with E-state index in [1.807, 2.05) is 7.05 Å². The van der Waals surface area contributed by atoms with Gasteiger partial charge in [-0.15, -0.1) is 0 Å². The molecule has 0 aliphatic rings. The highest BCUT2D eigenvalue weighted by Crippen LogP contribution is 2.21. The van der Waals surface area contributed by atoms with Gasteiger partial charge in [0, 0.05) is 6.04 Å². The van der Waals surface area contributed by atoms with Crippen LogP contribution in [0.25, 0.3) is 0 Å². The van der Waals surface area contributed by atoms with E-state index in [2.05, 4.69) is 43.4 Å². The quantitative estimate of drug-likeness (QED) is 0.761. The Bertz CT molecular complexity index is 305. The van der Waals surface area contributed by atoms with Crippen molar-refractivity contribution in [3.63, 3.8) is 0 Å². The Kier molecular flexibility index (Phi) is 6.23. The first-order valence-corrected chi connectivity index (χ1v) is 6.67. The number of hydrogen-bond acceptors (Lipinski definition) is 2. The predicted octanol–water partition coefficient (Wildman–Crippen LogP) is 2.88. The van der Waals surface area contributed by atoms with Crippen LogP contribution < -0.4 is 11.1 Å². The van der Waals surface area contributed by atoms with Gasteiger partial charge in [0.25, 0.3) is 0 Å². The second-order valence-corrected chi connectivity index (χ2v) is 4.91. The van der Waals surface area contributed by atoms with Crippen LogP contribution in [0.1, 0.15) is 43.9 Å². The van der Waals surface area contributed by atoms with Crippen molar-refractivity contribution in [3.8, 4) is 0 Å². The molecule has 1 aromatic rings. The van der Waals surface area contributed by atoms with Gasteiger partial charge in [-0.05, 0) is 43.5 Å². The summed E-state index contributed by atoms with van der Waals surface area (Å²) in [7, 11) is 2.02. The van der Waals surface area contributed by atoms with Crippen molar-refractivity contribution < 1.29 is 0 Å². The van der Waals surface area contributed by atoms with Crippen LogP contribution in [0.4, 0.5) is 0 Å². The second kappa shape index (κ2) is 7.46. The Balaban J connectivity index is 2.68. The van der Waals surface area contributed by atoms with E-state index in [0.29, 0.717) is 12.0 Å². The van der Waals surface area contributed by atoms with Gasteiger partial charge >= 0.3 is 0 Å². The minimum absolute atomic E-state index is 0.421. The maximum Gasteiger partial charge on any atom is 0.0320 e. The predicted molar refractivity (Wildman–Crippen MR) is 75.1 cm³/mol. The highest BCUT2D eigenvalue weighted by atomic mass is 14.9. The Morgan fingerprint density at radius 3 is 2.35 bits per heavy atom. The van der Waals surface area contributed by atoms with Gasteiger partial charge in [0.2, 0.25) is 0 Å². The molecule has 0 aromatic heterocycles. The average molecular weight is 234 g/mol. The molecular formula is C15H26N2. The van der Waals surface area contributed by atoms with Crippen LogP contribution in [0, 0.1) is 5.92 Å². The third-order valence-corrected chi connectivity index (χ3v) is 3.31. The van der Waals surface area contributed by atoms with Crippen LogP contribution in [0.5, 0.6) is 0 Å². The molecule has 1 rings (SSSR count). The van der Waals surface area contributed by atoms with Crippen molar-refractivity contribution >= 4 is 0 Å². The minimum Gasteiger partial charge on any atom is -0.330 e. The lowest BCUT2D eigenvalue weighted by Gasteiger charge is -2.20.